The minimum absolute atomic E-state index is 0.0300. The lowest BCUT2D eigenvalue weighted by Crippen LogP contribution is -2.61. The van der Waals surface area contributed by atoms with E-state index in [9.17, 15) is 0 Å². The lowest BCUT2D eigenvalue weighted by atomic mass is 9.33. The maximum Gasteiger partial charge on any atom is 0.252 e. The van der Waals surface area contributed by atoms with Gasteiger partial charge in [0.05, 0.1) is 11.4 Å². The maximum atomic E-state index is 2.67. The van der Waals surface area contributed by atoms with E-state index in [2.05, 4.69) is 291 Å². The molecule has 3 nitrogen and oxygen atoms in total. The predicted molar refractivity (Wildman–Crippen MR) is 314 cm³/mol. The fourth-order valence-corrected chi connectivity index (χ4v) is 12.1. The van der Waals surface area contributed by atoms with Crippen molar-refractivity contribution in [2.75, 3.05) is 14.7 Å². The number of rotatable bonds is 6. The minimum atomic E-state index is -0.179. The highest BCUT2D eigenvalue weighted by Crippen LogP contribution is 2.56. The zero-order valence-corrected chi connectivity index (χ0v) is 44.5. The topological polar surface area (TPSA) is 9.72 Å². The second-order valence-corrected chi connectivity index (χ2v) is 24.3. The van der Waals surface area contributed by atoms with Gasteiger partial charge in [-0.25, -0.2) is 0 Å². The van der Waals surface area contributed by atoms with Crippen molar-refractivity contribution >= 4 is 74.3 Å². The van der Waals surface area contributed by atoms with Crippen molar-refractivity contribution in [3.05, 3.63) is 228 Å². The van der Waals surface area contributed by atoms with Crippen molar-refractivity contribution in [2.45, 2.75) is 97.8 Å². The van der Waals surface area contributed by atoms with Crippen LogP contribution in [0.4, 0.5) is 51.2 Å². The molecule has 2 aliphatic heterocycles. The lowest BCUT2D eigenvalue weighted by molar-refractivity contribution is 0.589. The van der Waals surface area contributed by atoms with Crippen LogP contribution in [0.3, 0.4) is 0 Å². The molecular formula is C69H66BN3. The molecule has 0 spiro atoms. The largest absolute Gasteiger partial charge is 0.311 e. The van der Waals surface area contributed by atoms with Crippen molar-refractivity contribution in [1.29, 1.82) is 0 Å². The molecule has 4 heteroatoms. The molecule has 3 aliphatic rings. The second-order valence-electron chi connectivity index (χ2n) is 24.3. The highest BCUT2D eigenvalue weighted by molar-refractivity contribution is 7.00. The number of fused-ring (bicyclic) bond motifs is 7. The van der Waals surface area contributed by atoms with E-state index in [-0.39, 0.29) is 28.4 Å². The summed E-state index contributed by atoms with van der Waals surface area (Å²) in [6, 6.07) is 76.0. The van der Waals surface area contributed by atoms with Crippen molar-refractivity contribution in [3.8, 4) is 22.3 Å². The summed E-state index contributed by atoms with van der Waals surface area (Å²) in [5.74, 6) is 0. The highest BCUT2D eigenvalue weighted by Gasteiger charge is 2.46. The van der Waals surface area contributed by atoms with E-state index in [0.29, 0.717) is 0 Å². The molecule has 9 aromatic rings. The summed E-state index contributed by atoms with van der Waals surface area (Å²) in [5, 5.41) is 0. The van der Waals surface area contributed by atoms with Crippen molar-refractivity contribution < 1.29 is 0 Å². The van der Waals surface area contributed by atoms with Crippen LogP contribution in [0, 0.1) is 0 Å². The Morgan fingerprint density at radius 2 is 0.986 bits per heavy atom. The van der Waals surface area contributed by atoms with Gasteiger partial charge in [0.2, 0.25) is 0 Å². The Balaban J connectivity index is 1.20. The standard InChI is InChI=1S/C69H66BN3/c1-66(2,3)46-33-36-50(37-34-46)72-59-40-35-47(67(4,5)6)41-57(59)70-56-39-38-51(71(49-25-16-13-17-26-49)58-31-21-19-27-52(58)45-23-14-12-15-24-45)44-61(56)73(63-43-48(68(7,8)9)42-62(72)65(63)70)60-32-22-30-55-64(60)53-28-18-20-29-54(53)69(55,10)11/h12-44H,1-11H3. The van der Waals surface area contributed by atoms with Gasteiger partial charge in [-0.3, -0.25) is 0 Å². The Morgan fingerprint density at radius 1 is 0.397 bits per heavy atom. The van der Waals surface area contributed by atoms with Gasteiger partial charge < -0.3 is 14.7 Å². The third-order valence-corrected chi connectivity index (χ3v) is 16.1. The quantitative estimate of drug-likeness (QED) is 0.154. The molecule has 9 aromatic carbocycles. The van der Waals surface area contributed by atoms with E-state index >= 15 is 0 Å². The fraction of sp³-hybridized carbons (Fsp3) is 0.217. The average molecular weight is 948 g/mol. The van der Waals surface area contributed by atoms with E-state index in [0.717, 1.165) is 17.1 Å². The summed E-state index contributed by atoms with van der Waals surface area (Å²) < 4.78 is 0. The molecule has 0 atom stereocenters. The zero-order valence-electron chi connectivity index (χ0n) is 44.5. The van der Waals surface area contributed by atoms with Crippen LogP contribution >= 0.6 is 0 Å². The molecule has 2 heterocycles. The molecule has 1 aliphatic carbocycles. The third kappa shape index (κ3) is 7.55. The van der Waals surface area contributed by atoms with Crippen LogP contribution in [0.15, 0.2) is 200 Å². The molecule has 0 aromatic heterocycles. The molecule has 73 heavy (non-hydrogen) atoms. The summed E-state index contributed by atoms with van der Waals surface area (Å²) in [6.45, 7) is 25.8. The van der Waals surface area contributed by atoms with E-state index in [4.69, 9.17) is 0 Å². The molecular weight excluding hydrogens is 882 g/mol. The van der Waals surface area contributed by atoms with Crippen LogP contribution in [0.25, 0.3) is 22.3 Å². The van der Waals surface area contributed by atoms with E-state index in [1.165, 1.54) is 101 Å². The van der Waals surface area contributed by atoms with E-state index in [1.54, 1.807) is 0 Å². The molecule has 0 saturated heterocycles. The van der Waals surface area contributed by atoms with Crippen LogP contribution in [0.1, 0.15) is 104 Å². The number of anilines is 9. The summed E-state index contributed by atoms with van der Waals surface area (Å²) >= 11 is 0. The lowest BCUT2D eigenvalue weighted by Gasteiger charge is -2.46. The van der Waals surface area contributed by atoms with Gasteiger partial charge in [0, 0.05) is 56.4 Å². The minimum Gasteiger partial charge on any atom is -0.311 e. The number of nitrogens with zero attached hydrogens (tertiary/aromatic N) is 3. The zero-order chi connectivity index (χ0) is 50.8. The van der Waals surface area contributed by atoms with Gasteiger partial charge in [-0.2, -0.15) is 0 Å². The van der Waals surface area contributed by atoms with Crippen molar-refractivity contribution in [3.63, 3.8) is 0 Å². The Bertz CT molecular complexity index is 3610. The summed E-state index contributed by atoms with van der Waals surface area (Å²) in [6.07, 6.45) is 0. The summed E-state index contributed by atoms with van der Waals surface area (Å²) in [4.78, 5) is 7.73. The SMILES string of the molecule is CC(C)(C)c1ccc(N2c3ccc(C(C)(C)C)cc3B3c4ccc(N(c5ccccc5)c5ccccc5-c5ccccc5)cc4N(c4cccc5c4-c4ccccc4C5(C)C)c4cc(C(C)(C)C)cc2c43)cc1. The van der Waals surface area contributed by atoms with Crippen LogP contribution < -0.4 is 31.1 Å². The fourth-order valence-electron chi connectivity index (χ4n) is 12.1. The first kappa shape index (κ1) is 46.5. The highest BCUT2D eigenvalue weighted by atomic mass is 15.2. The Hall–Kier alpha value is -7.56. The Morgan fingerprint density at radius 3 is 1.67 bits per heavy atom. The van der Waals surface area contributed by atoms with E-state index < -0.39 is 0 Å². The van der Waals surface area contributed by atoms with Crippen molar-refractivity contribution in [2.24, 2.45) is 0 Å². The van der Waals surface area contributed by atoms with Gasteiger partial charge in [0.15, 0.2) is 0 Å². The van der Waals surface area contributed by atoms with Gasteiger partial charge in [0.1, 0.15) is 0 Å². The van der Waals surface area contributed by atoms with Gasteiger partial charge in [-0.15, -0.1) is 0 Å². The summed E-state index contributed by atoms with van der Waals surface area (Å²) in [5.41, 5.74) is 25.8. The molecule has 360 valence electrons. The molecule has 12 rings (SSSR count). The first-order chi connectivity index (χ1) is 34.9. The first-order valence-electron chi connectivity index (χ1n) is 26.3. The average Bonchev–Trinajstić information content (AvgIpc) is 3.62. The van der Waals surface area contributed by atoms with Gasteiger partial charge in [-0.1, -0.05) is 210 Å². The molecule has 0 radical (unpaired) electrons. The number of hydrogen-bond acceptors (Lipinski definition) is 3. The van der Waals surface area contributed by atoms with Crippen LogP contribution in [-0.2, 0) is 21.7 Å². The molecule has 0 N–H and O–H groups in total. The first-order valence-corrected chi connectivity index (χ1v) is 26.3. The number of hydrogen-bond donors (Lipinski definition) is 0. The van der Waals surface area contributed by atoms with Crippen LogP contribution in [0.2, 0.25) is 0 Å². The van der Waals surface area contributed by atoms with Crippen LogP contribution in [-0.4, -0.2) is 6.71 Å². The predicted octanol–water partition coefficient (Wildman–Crippen LogP) is 17.1. The normalized spacial score (nSPS) is 14.3. The molecule has 0 saturated carbocycles. The molecule has 0 fully saturated rings. The molecule has 0 unspecified atom stereocenters. The number of benzene rings is 9. The third-order valence-electron chi connectivity index (χ3n) is 16.1. The van der Waals surface area contributed by atoms with E-state index in [1.807, 2.05) is 0 Å². The monoisotopic (exact) mass is 948 g/mol. The van der Waals surface area contributed by atoms with Crippen LogP contribution in [0.5, 0.6) is 0 Å². The summed E-state index contributed by atoms with van der Waals surface area (Å²) in [7, 11) is 0. The van der Waals surface area contributed by atoms with Gasteiger partial charge in [-0.05, 0) is 138 Å². The second kappa shape index (κ2) is 16.8. The van der Waals surface area contributed by atoms with Gasteiger partial charge in [0.25, 0.3) is 6.71 Å². The maximum absolute atomic E-state index is 2.67. The number of para-hydroxylation sites is 2. The Labute approximate surface area is 434 Å². The van der Waals surface area contributed by atoms with Crippen molar-refractivity contribution in [1.82, 2.24) is 0 Å². The molecule has 0 amide bonds. The smallest absolute Gasteiger partial charge is 0.252 e. The molecule has 0 bridgehead atoms. The van der Waals surface area contributed by atoms with Gasteiger partial charge >= 0.3 is 0 Å². The Kier molecular flexibility index (Phi) is 10.7.